The molecule has 2 rings (SSSR count). The number of methoxy groups -OCH3 is 1. The predicted octanol–water partition coefficient (Wildman–Crippen LogP) is 2.36. The van der Waals surface area contributed by atoms with Gasteiger partial charge in [-0.3, -0.25) is 0 Å². The van der Waals surface area contributed by atoms with Crippen LogP contribution in [-0.2, 0) is 6.54 Å². The summed E-state index contributed by atoms with van der Waals surface area (Å²) in [4.78, 5) is 0. The number of nitrogens with one attached hydrogen (secondary N) is 1. The Hall–Kier alpha value is -2.11. The monoisotopic (exact) mass is 305 g/mol. The molecule has 0 saturated heterocycles. The van der Waals surface area contributed by atoms with E-state index in [1.54, 1.807) is 7.11 Å². The Labute approximate surface area is 129 Å². The lowest BCUT2D eigenvalue weighted by atomic mass is 10.2. The van der Waals surface area contributed by atoms with Gasteiger partial charge in [0.15, 0.2) is 0 Å². The van der Waals surface area contributed by atoms with Gasteiger partial charge < -0.3 is 19.9 Å². The maximum Gasteiger partial charge on any atom is 0.123 e. The maximum absolute atomic E-state index is 12.7. The summed E-state index contributed by atoms with van der Waals surface area (Å²) < 4.78 is 23.2. The fourth-order valence-corrected chi connectivity index (χ4v) is 1.91. The van der Waals surface area contributed by atoms with Gasteiger partial charge in [0.2, 0.25) is 0 Å². The number of aliphatic hydroxyl groups excluding tert-OH is 1. The molecule has 1 atom stereocenters. The molecule has 1 unspecified atom stereocenters. The van der Waals surface area contributed by atoms with E-state index in [9.17, 15) is 9.50 Å². The van der Waals surface area contributed by atoms with Gasteiger partial charge in [-0.15, -0.1) is 0 Å². The van der Waals surface area contributed by atoms with Crippen molar-refractivity contribution >= 4 is 0 Å². The molecule has 0 spiro atoms. The average Bonchev–Trinajstić information content (AvgIpc) is 2.55. The molecule has 5 heteroatoms. The summed E-state index contributed by atoms with van der Waals surface area (Å²) in [6.45, 7) is 1.21. The minimum Gasteiger partial charge on any atom is -0.497 e. The first-order valence-electron chi connectivity index (χ1n) is 7.07. The Morgan fingerprint density at radius 3 is 2.32 bits per heavy atom. The number of rotatable bonds is 8. The van der Waals surface area contributed by atoms with E-state index in [2.05, 4.69) is 5.32 Å². The second kappa shape index (κ2) is 8.36. The quantitative estimate of drug-likeness (QED) is 0.786. The fraction of sp³-hybridized carbons (Fsp3) is 0.294. The van der Waals surface area contributed by atoms with E-state index in [4.69, 9.17) is 9.47 Å². The zero-order valence-electron chi connectivity index (χ0n) is 12.5. The molecule has 0 aliphatic heterocycles. The second-order valence-electron chi connectivity index (χ2n) is 4.90. The largest absolute Gasteiger partial charge is 0.497 e. The first-order chi connectivity index (χ1) is 10.7. The molecule has 0 fully saturated rings. The average molecular weight is 305 g/mol. The van der Waals surface area contributed by atoms with Gasteiger partial charge in [0.05, 0.1) is 7.11 Å². The Kier molecular flexibility index (Phi) is 6.18. The summed E-state index contributed by atoms with van der Waals surface area (Å²) >= 11 is 0. The number of hydrogen-bond donors (Lipinski definition) is 2. The van der Waals surface area contributed by atoms with E-state index in [0.717, 1.165) is 11.3 Å². The minimum atomic E-state index is -0.636. The third-order valence-electron chi connectivity index (χ3n) is 3.12. The molecule has 2 N–H and O–H groups in total. The Balaban J connectivity index is 1.66. The minimum absolute atomic E-state index is 0.154. The lowest BCUT2D eigenvalue weighted by Crippen LogP contribution is -2.31. The van der Waals surface area contributed by atoms with Crippen LogP contribution in [0, 0.1) is 5.82 Å². The van der Waals surface area contributed by atoms with Crippen LogP contribution in [0.4, 0.5) is 4.39 Å². The zero-order valence-corrected chi connectivity index (χ0v) is 12.5. The lowest BCUT2D eigenvalue weighted by molar-refractivity contribution is 0.106. The number of benzene rings is 2. The van der Waals surface area contributed by atoms with E-state index < -0.39 is 6.10 Å². The summed E-state index contributed by atoms with van der Waals surface area (Å²) in [6.07, 6.45) is -0.636. The molecule has 0 radical (unpaired) electrons. The summed E-state index contributed by atoms with van der Waals surface area (Å²) in [5.74, 6) is 1.04. The van der Waals surface area contributed by atoms with Crippen molar-refractivity contribution in [2.75, 3.05) is 20.3 Å². The summed E-state index contributed by atoms with van der Waals surface area (Å²) in [5.41, 5.74) is 1.10. The van der Waals surface area contributed by atoms with Crippen LogP contribution in [0.1, 0.15) is 5.56 Å². The second-order valence-corrected chi connectivity index (χ2v) is 4.90. The van der Waals surface area contributed by atoms with E-state index in [1.165, 1.54) is 24.3 Å². The maximum atomic E-state index is 12.7. The van der Waals surface area contributed by atoms with Gasteiger partial charge in [-0.1, -0.05) is 12.1 Å². The van der Waals surface area contributed by atoms with Crippen LogP contribution in [0.3, 0.4) is 0 Å². The van der Waals surface area contributed by atoms with Crippen LogP contribution < -0.4 is 14.8 Å². The molecule has 2 aromatic rings. The molecule has 2 aromatic carbocycles. The van der Waals surface area contributed by atoms with Crippen molar-refractivity contribution in [3.8, 4) is 11.5 Å². The molecule has 0 aromatic heterocycles. The molecular formula is C17H20FNO3. The van der Waals surface area contributed by atoms with Gasteiger partial charge in [-0.25, -0.2) is 4.39 Å². The van der Waals surface area contributed by atoms with Crippen molar-refractivity contribution in [1.82, 2.24) is 5.32 Å². The van der Waals surface area contributed by atoms with Crippen molar-refractivity contribution in [2.24, 2.45) is 0 Å². The van der Waals surface area contributed by atoms with Gasteiger partial charge in [0, 0.05) is 13.1 Å². The third-order valence-corrected chi connectivity index (χ3v) is 3.12. The Morgan fingerprint density at radius 1 is 1.05 bits per heavy atom. The Morgan fingerprint density at radius 2 is 1.68 bits per heavy atom. The first kappa shape index (κ1) is 16.3. The first-order valence-corrected chi connectivity index (χ1v) is 7.07. The molecule has 4 nitrogen and oxygen atoms in total. The van der Waals surface area contributed by atoms with Crippen LogP contribution in [-0.4, -0.2) is 31.5 Å². The summed E-state index contributed by atoms with van der Waals surface area (Å²) in [5, 5.41) is 13.0. The number of halogens is 1. The molecule has 0 bridgehead atoms. The van der Waals surface area contributed by atoms with Crippen LogP contribution in [0.25, 0.3) is 0 Å². The number of hydrogen-bond acceptors (Lipinski definition) is 4. The standard InChI is InChI=1S/C17H20FNO3/c1-21-16-6-2-13(3-7-16)10-19-11-15(20)12-22-17-8-4-14(18)5-9-17/h2-9,15,19-20H,10-12H2,1H3. The smallest absolute Gasteiger partial charge is 0.123 e. The molecule has 118 valence electrons. The summed E-state index contributed by atoms with van der Waals surface area (Å²) in [6, 6.07) is 13.4. The predicted molar refractivity (Wildman–Crippen MR) is 82.6 cm³/mol. The van der Waals surface area contributed by atoms with Crippen LogP contribution in [0.15, 0.2) is 48.5 Å². The SMILES string of the molecule is COc1ccc(CNCC(O)COc2ccc(F)cc2)cc1. The van der Waals surface area contributed by atoms with Gasteiger partial charge in [-0.05, 0) is 42.0 Å². The van der Waals surface area contributed by atoms with E-state index >= 15 is 0 Å². The zero-order chi connectivity index (χ0) is 15.8. The van der Waals surface area contributed by atoms with Crippen molar-refractivity contribution in [3.63, 3.8) is 0 Å². The fourth-order valence-electron chi connectivity index (χ4n) is 1.91. The van der Waals surface area contributed by atoms with Gasteiger partial charge in [-0.2, -0.15) is 0 Å². The lowest BCUT2D eigenvalue weighted by Gasteiger charge is -2.13. The van der Waals surface area contributed by atoms with E-state index in [-0.39, 0.29) is 12.4 Å². The topological polar surface area (TPSA) is 50.7 Å². The highest BCUT2D eigenvalue weighted by atomic mass is 19.1. The molecular weight excluding hydrogens is 285 g/mol. The molecule has 0 aliphatic rings. The molecule has 0 saturated carbocycles. The number of aliphatic hydroxyl groups is 1. The van der Waals surface area contributed by atoms with E-state index in [1.807, 2.05) is 24.3 Å². The Bertz CT molecular complexity index is 557. The normalized spacial score (nSPS) is 12.0. The van der Waals surface area contributed by atoms with Crippen molar-refractivity contribution in [3.05, 3.63) is 59.9 Å². The molecule has 0 amide bonds. The molecule has 0 aliphatic carbocycles. The van der Waals surface area contributed by atoms with E-state index in [0.29, 0.717) is 18.8 Å². The highest BCUT2D eigenvalue weighted by molar-refractivity contribution is 5.27. The van der Waals surface area contributed by atoms with Gasteiger partial charge in [0.25, 0.3) is 0 Å². The van der Waals surface area contributed by atoms with Gasteiger partial charge in [0.1, 0.15) is 30.0 Å². The van der Waals surface area contributed by atoms with Crippen molar-refractivity contribution in [2.45, 2.75) is 12.6 Å². The molecule has 0 heterocycles. The number of ether oxygens (including phenoxy) is 2. The van der Waals surface area contributed by atoms with Gasteiger partial charge >= 0.3 is 0 Å². The molecule has 22 heavy (non-hydrogen) atoms. The highest BCUT2D eigenvalue weighted by Gasteiger charge is 2.05. The third kappa shape index (κ3) is 5.35. The van der Waals surface area contributed by atoms with Crippen molar-refractivity contribution < 1.29 is 19.0 Å². The van der Waals surface area contributed by atoms with Crippen LogP contribution >= 0.6 is 0 Å². The van der Waals surface area contributed by atoms with Crippen LogP contribution in [0.2, 0.25) is 0 Å². The summed E-state index contributed by atoms with van der Waals surface area (Å²) in [7, 11) is 1.63. The highest BCUT2D eigenvalue weighted by Crippen LogP contribution is 2.12. The van der Waals surface area contributed by atoms with Crippen molar-refractivity contribution in [1.29, 1.82) is 0 Å². The van der Waals surface area contributed by atoms with Crippen LogP contribution in [0.5, 0.6) is 11.5 Å².